The fourth-order valence-electron chi connectivity index (χ4n) is 2.35. The van der Waals surface area contributed by atoms with Crippen molar-refractivity contribution in [2.24, 2.45) is 11.8 Å². The number of terminal acetylenes is 1. The molecule has 1 unspecified atom stereocenters. The van der Waals surface area contributed by atoms with Crippen LogP contribution < -0.4 is 0 Å². The van der Waals surface area contributed by atoms with Crippen molar-refractivity contribution in [3.05, 3.63) is 23.8 Å². The normalized spacial score (nSPS) is 18.7. The van der Waals surface area contributed by atoms with Crippen molar-refractivity contribution in [2.75, 3.05) is 0 Å². The summed E-state index contributed by atoms with van der Waals surface area (Å²) in [6.45, 7) is 4.39. The van der Waals surface area contributed by atoms with E-state index in [0.29, 0.717) is 0 Å². The maximum absolute atomic E-state index is 5.29. The second-order valence-corrected chi connectivity index (χ2v) is 4.73. The van der Waals surface area contributed by atoms with E-state index >= 15 is 0 Å². The Morgan fingerprint density at radius 3 is 2.75 bits per heavy atom. The summed E-state index contributed by atoms with van der Waals surface area (Å²) in [5.41, 5.74) is 1.42. The highest BCUT2D eigenvalue weighted by atomic mass is 14.3. The van der Waals surface area contributed by atoms with Crippen molar-refractivity contribution < 1.29 is 0 Å². The summed E-state index contributed by atoms with van der Waals surface area (Å²) in [4.78, 5) is 0. The van der Waals surface area contributed by atoms with Crippen LogP contribution in [-0.4, -0.2) is 0 Å². The molecule has 88 valence electrons. The zero-order valence-electron chi connectivity index (χ0n) is 10.7. The van der Waals surface area contributed by atoms with Crippen LogP contribution in [-0.2, 0) is 0 Å². The first kappa shape index (κ1) is 13.1. The minimum atomic E-state index is 0.764. The highest BCUT2D eigenvalue weighted by Crippen LogP contribution is 2.41. The molecule has 1 rings (SSSR count). The predicted octanol–water partition coefficient (Wildman–Crippen LogP) is 4.73. The summed E-state index contributed by atoms with van der Waals surface area (Å²) in [6, 6.07) is 0. The minimum absolute atomic E-state index is 0.764. The maximum atomic E-state index is 5.29. The van der Waals surface area contributed by atoms with Gasteiger partial charge in [0.25, 0.3) is 0 Å². The SMILES string of the molecule is C#CCC=C(C=CC)CCC(CC)C1CC1. The van der Waals surface area contributed by atoms with Crippen molar-refractivity contribution >= 4 is 0 Å². The van der Waals surface area contributed by atoms with Crippen LogP contribution in [0.15, 0.2) is 23.8 Å². The maximum Gasteiger partial charge on any atom is 0.0272 e. The Bertz CT molecular complexity index is 284. The minimum Gasteiger partial charge on any atom is -0.120 e. The van der Waals surface area contributed by atoms with Crippen molar-refractivity contribution in [2.45, 2.75) is 52.4 Å². The molecule has 1 aliphatic carbocycles. The molecule has 0 radical (unpaired) electrons. The Morgan fingerprint density at radius 1 is 1.50 bits per heavy atom. The summed E-state index contributed by atoms with van der Waals surface area (Å²) >= 11 is 0. The molecule has 1 aliphatic rings. The van der Waals surface area contributed by atoms with Crippen LogP contribution in [0.2, 0.25) is 0 Å². The second-order valence-electron chi connectivity index (χ2n) is 4.73. The van der Waals surface area contributed by atoms with E-state index in [1.54, 1.807) is 0 Å². The van der Waals surface area contributed by atoms with Crippen LogP contribution in [0.3, 0.4) is 0 Å². The average Bonchev–Trinajstić information content (AvgIpc) is 3.11. The number of hydrogen-bond donors (Lipinski definition) is 0. The fourth-order valence-corrected chi connectivity index (χ4v) is 2.35. The van der Waals surface area contributed by atoms with Crippen LogP contribution in [0.4, 0.5) is 0 Å². The third-order valence-corrected chi connectivity index (χ3v) is 3.48. The Balaban J connectivity index is 2.39. The largest absolute Gasteiger partial charge is 0.120 e. The molecule has 0 saturated heterocycles. The third-order valence-electron chi connectivity index (χ3n) is 3.48. The lowest BCUT2D eigenvalue weighted by Gasteiger charge is -2.13. The molecular formula is C16H24. The van der Waals surface area contributed by atoms with Gasteiger partial charge >= 0.3 is 0 Å². The summed E-state index contributed by atoms with van der Waals surface area (Å²) < 4.78 is 0. The molecule has 0 aromatic rings. The highest BCUT2D eigenvalue weighted by molar-refractivity contribution is 5.20. The van der Waals surface area contributed by atoms with E-state index < -0.39 is 0 Å². The zero-order valence-corrected chi connectivity index (χ0v) is 10.7. The van der Waals surface area contributed by atoms with Gasteiger partial charge in [-0.05, 0) is 44.4 Å². The van der Waals surface area contributed by atoms with Gasteiger partial charge < -0.3 is 0 Å². The highest BCUT2D eigenvalue weighted by Gasteiger charge is 2.29. The van der Waals surface area contributed by atoms with E-state index in [2.05, 4.69) is 38.0 Å². The Labute approximate surface area is 101 Å². The lowest BCUT2D eigenvalue weighted by atomic mass is 9.92. The standard InChI is InChI=1S/C16H24/c1-4-7-9-14(8-5-2)10-11-15(6-3)16-12-13-16/h1,5,8-9,15-16H,6-7,10-13H2,2-3H3. The van der Waals surface area contributed by atoms with Gasteiger partial charge in [-0.3, -0.25) is 0 Å². The summed E-state index contributed by atoms with van der Waals surface area (Å²) in [5, 5.41) is 0. The van der Waals surface area contributed by atoms with Crippen molar-refractivity contribution in [3.63, 3.8) is 0 Å². The zero-order chi connectivity index (χ0) is 11.8. The summed E-state index contributed by atoms with van der Waals surface area (Å²) in [5.74, 6) is 4.66. The van der Waals surface area contributed by atoms with Crippen LogP contribution in [0.1, 0.15) is 52.4 Å². The van der Waals surface area contributed by atoms with Crippen LogP contribution >= 0.6 is 0 Å². The van der Waals surface area contributed by atoms with Gasteiger partial charge in [-0.1, -0.05) is 37.1 Å². The lowest BCUT2D eigenvalue weighted by Crippen LogP contribution is -2.01. The first-order chi connectivity index (χ1) is 7.81. The van der Waals surface area contributed by atoms with E-state index in [0.717, 1.165) is 18.3 Å². The van der Waals surface area contributed by atoms with E-state index in [1.165, 1.54) is 37.7 Å². The van der Waals surface area contributed by atoms with Gasteiger partial charge in [0.15, 0.2) is 0 Å². The molecule has 0 N–H and O–H groups in total. The number of allylic oxidation sites excluding steroid dienone is 4. The van der Waals surface area contributed by atoms with Crippen LogP contribution in [0, 0.1) is 24.2 Å². The summed E-state index contributed by atoms with van der Waals surface area (Å²) in [6.07, 6.45) is 19.4. The molecule has 0 aromatic heterocycles. The van der Waals surface area contributed by atoms with Gasteiger partial charge in [0, 0.05) is 6.42 Å². The first-order valence-electron chi connectivity index (χ1n) is 6.57. The molecule has 0 aromatic carbocycles. The number of rotatable bonds is 7. The van der Waals surface area contributed by atoms with Crippen molar-refractivity contribution in [1.29, 1.82) is 0 Å². The van der Waals surface area contributed by atoms with Gasteiger partial charge in [0.05, 0.1) is 0 Å². The topological polar surface area (TPSA) is 0 Å². The molecule has 0 aliphatic heterocycles. The molecular weight excluding hydrogens is 192 g/mol. The monoisotopic (exact) mass is 216 g/mol. The molecule has 0 heteroatoms. The molecule has 0 bridgehead atoms. The third kappa shape index (κ3) is 4.71. The van der Waals surface area contributed by atoms with Gasteiger partial charge in [-0.2, -0.15) is 0 Å². The smallest absolute Gasteiger partial charge is 0.0272 e. The predicted molar refractivity (Wildman–Crippen MR) is 72.1 cm³/mol. The van der Waals surface area contributed by atoms with E-state index in [4.69, 9.17) is 6.42 Å². The van der Waals surface area contributed by atoms with Gasteiger partial charge in [-0.25, -0.2) is 0 Å². The van der Waals surface area contributed by atoms with Crippen molar-refractivity contribution in [3.8, 4) is 12.3 Å². The Hall–Kier alpha value is -0.960. The molecule has 1 fully saturated rings. The van der Waals surface area contributed by atoms with Gasteiger partial charge in [0.1, 0.15) is 0 Å². The quantitative estimate of drug-likeness (QED) is 0.426. The van der Waals surface area contributed by atoms with Crippen molar-refractivity contribution in [1.82, 2.24) is 0 Å². The molecule has 0 nitrogen and oxygen atoms in total. The van der Waals surface area contributed by atoms with E-state index in [-0.39, 0.29) is 0 Å². The molecule has 16 heavy (non-hydrogen) atoms. The van der Waals surface area contributed by atoms with Gasteiger partial charge in [-0.15, -0.1) is 12.3 Å². The Morgan fingerprint density at radius 2 is 2.25 bits per heavy atom. The average molecular weight is 216 g/mol. The summed E-state index contributed by atoms with van der Waals surface area (Å²) in [7, 11) is 0. The Kier molecular flexibility index (Phi) is 6.01. The lowest BCUT2D eigenvalue weighted by molar-refractivity contribution is 0.416. The van der Waals surface area contributed by atoms with Gasteiger partial charge in [0.2, 0.25) is 0 Å². The first-order valence-corrected chi connectivity index (χ1v) is 6.57. The molecule has 0 amide bonds. The molecule has 0 heterocycles. The second kappa shape index (κ2) is 7.34. The molecule has 1 saturated carbocycles. The van der Waals surface area contributed by atoms with E-state index in [9.17, 15) is 0 Å². The van der Waals surface area contributed by atoms with E-state index in [1.807, 2.05) is 0 Å². The molecule has 1 atom stereocenters. The number of hydrogen-bond acceptors (Lipinski definition) is 0. The fraction of sp³-hybridized carbons (Fsp3) is 0.625. The molecule has 0 spiro atoms. The van der Waals surface area contributed by atoms with Crippen LogP contribution in [0.25, 0.3) is 0 Å². The van der Waals surface area contributed by atoms with Crippen LogP contribution in [0.5, 0.6) is 0 Å².